The molecule has 2 rings (SSSR count). The SMILES string of the molecule is O=C(O)CC1(c2cc(F)c(F)c(F)c2)CC1. The molecule has 0 saturated heterocycles. The summed E-state index contributed by atoms with van der Waals surface area (Å²) in [6, 6.07) is 1.77. The van der Waals surface area contributed by atoms with E-state index in [2.05, 4.69) is 0 Å². The van der Waals surface area contributed by atoms with Gasteiger partial charge in [-0.05, 0) is 30.5 Å². The molecule has 0 heterocycles. The molecule has 1 aliphatic rings. The number of aliphatic carboxylic acids is 1. The number of carboxylic acid groups (broad SMARTS) is 1. The van der Waals surface area contributed by atoms with Crippen molar-refractivity contribution in [2.24, 2.45) is 0 Å². The van der Waals surface area contributed by atoms with Crippen LogP contribution in [-0.4, -0.2) is 11.1 Å². The van der Waals surface area contributed by atoms with Gasteiger partial charge in [0.25, 0.3) is 0 Å². The fraction of sp³-hybridized carbons (Fsp3) is 0.364. The smallest absolute Gasteiger partial charge is 0.304 e. The van der Waals surface area contributed by atoms with E-state index >= 15 is 0 Å². The molecule has 0 amide bonds. The molecular weight excluding hydrogens is 221 g/mol. The summed E-state index contributed by atoms with van der Waals surface area (Å²) in [6.45, 7) is 0. The van der Waals surface area contributed by atoms with E-state index in [1.54, 1.807) is 0 Å². The van der Waals surface area contributed by atoms with Gasteiger partial charge in [-0.3, -0.25) is 4.79 Å². The largest absolute Gasteiger partial charge is 0.481 e. The molecule has 0 radical (unpaired) electrons. The standard InChI is InChI=1S/C11H9F3O2/c12-7-3-6(4-8(13)10(7)14)11(1-2-11)5-9(15)16/h3-4H,1-2,5H2,(H,15,16). The minimum absolute atomic E-state index is 0.183. The van der Waals surface area contributed by atoms with Crippen LogP contribution in [0.15, 0.2) is 12.1 Å². The summed E-state index contributed by atoms with van der Waals surface area (Å²) in [5.41, 5.74) is -0.479. The van der Waals surface area contributed by atoms with E-state index < -0.39 is 28.8 Å². The Labute approximate surface area is 89.7 Å². The van der Waals surface area contributed by atoms with Crippen molar-refractivity contribution >= 4 is 5.97 Å². The normalized spacial score (nSPS) is 17.2. The maximum absolute atomic E-state index is 13.0. The first-order chi connectivity index (χ1) is 7.44. The molecule has 0 aromatic heterocycles. The average Bonchev–Trinajstić information content (AvgIpc) is 2.93. The van der Waals surface area contributed by atoms with Crippen LogP contribution < -0.4 is 0 Å². The average molecular weight is 230 g/mol. The minimum Gasteiger partial charge on any atom is -0.481 e. The fourth-order valence-electron chi connectivity index (χ4n) is 1.87. The van der Waals surface area contributed by atoms with Gasteiger partial charge in [0.15, 0.2) is 17.5 Å². The van der Waals surface area contributed by atoms with Crippen LogP contribution in [0, 0.1) is 17.5 Å². The summed E-state index contributed by atoms with van der Waals surface area (Å²) < 4.78 is 38.7. The highest BCUT2D eigenvalue weighted by Crippen LogP contribution is 2.51. The minimum atomic E-state index is -1.52. The molecule has 86 valence electrons. The third-order valence-electron chi connectivity index (χ3n) is 2.94. The molecule has 0 unspecified atom stereocenters. The first-order valence-electron chi connectivity index (χ1n) is 4.81. The van der Waals surface area contributed by atoms with E-state index in [-0.39, 0.29) is 12.0 Å². The number of rotatable bonds is 3. The summed E-state index contributed by atoms with van der Waals surface area (Å²) in [5.74, 6) is -5.09. The van der Waals surface area contributed by atoms with Gasteiger partial charge in [0.2, 0.25) is 0 Å². The number of hydrogen-bond donors (Lipinski definition) is 1. The number of benzene rings is 1. The quantitative estimate of drug-likeness (QED) is 0.810. The maximum Gasteiger partial charge on any atom is 0.304 e. The lowest BCUT2D eigenvalue weighted by Crippen LogP contribution is -2.14. The summed E-state index contributed by atoms with van der Waals surface area (Å²) >= 11 is 0. The van der Waals surface area contributed by atoms with Gasteiger partial charge in [0, 0.05) is 5.41 Å². The first-order valence-corrected chi connectivity index (χ1v) is 4.81. The van der Waals surface area contributed by atoms with Crippen LogP contribution in [0.2, 0.25) is 0 Å². The molecule has 0 bridgehead atoms. The lowest BCUT2D eigenvalue weighted by molar-refractivity contribution is -0.137. The Balaban J connectivity index is 2.38. The van der Waals surface area contributed by atoms with Crippen LogP contribution in [0.1, 0.15) is 24.8 Å². The third kappa shape index (κ3) is 1.77. The second kappa shape index (κ2) is 3.50. The highest BCUT2D eigenvalue weighted by Gasteiger charge is 2.46. The zero-order valence-electron chi connectivity index (χ0n) is 8.27. The zero-order chi connectivity index (χ0) is 11.9. The monoisotopic (exact) mass is 230 g/mol. The van der Waals surface area contributed by atoms with Crippen molar-refractivity contribution < 1.29 is 23.1 Å². The Morgan fingerprint density at radius 1 is 1.25 bits per heavy atom. The van der Waals surface area contributed by atoms with E-state index in [0.717, 1.165) is 12.1 Å². The molecule has 0 spiro atoms. The highest BCUT2D eigenvalue weighted by atomic mass is 19.2. The molecule has 1 saturated carbocycles. The summed E-state index contributed by atoms with van der Waals surface area (Å²) in [6.07, 6.45) is 0.936. The fourth-order valence-corrected chi connectivity index (χ4v) is 1.87. The lowest BCUT2D eigenvalue weighted by Gasteiger charge is -2.13. The van der Waals surface area contributed by atoms with Crippen LogP contribution in [0.25, 0.3) is 0 Å². The summed E-state index contributed by atoms with van der Waals surface area (Å²) in [4.78, 5) is 10.6. The van der Waals surface area contributed by atoms with E-state index in [9.17, 15) is 18.0 Å². The summed E-state index contributed by atoms with van der Waals surface area (Å²) in [7, 11) is 0. The van der Waals surface area contributed by atoms with Crippen molar-refractivity contribution in [2.75, 3.05) is 0 Å². The molecule has 1 fully saturated rings. The number of carboxylic acids is 1. The predicted octanol–water partition coefficient (Wildman–Crippen LogP) is 2.61. The van der Waals surface area contributed by atoms with E-state index in [4.69, 9.17) is 5.11 Å². The van der Waals surface area contributed by atoms with Gasteiger partial charge in [0.05, 0.1) is 6.42 Å². The van der Waals surface area contributed by atoms with Gasteiger partial charge in [-0.1, -0.05) is 0 Å². The second-order valence-electron chi connectivity index (χ2n) is 4.10. The van der Waals surface area contributed by atoms with Crippen LogP contribution in [0.3, 0.4) is 0 Å². The first kappa shape index (κ1) is 11.0. The molecule has 1 aromatic rings. The zero-order valence-corrected chi connectivity index (χ0v) is 8.27. The van der Waals surface area contributed by atoms with Gasteiger partial charge in [-0.15, -0.1) is 0 Å². The Morgan fingerprint density at radius 2 is 1.75 bits per heavy atom. The maximum atomic E-state index is 13.0. The van der Waals surface area contributed by atoms with Crippen molar-refractivity contribution in [3.63, 3.8) is 0 Å². The van der Waals surface area contributed by atoms with Crippen molar-refractivity contribution in [1.82, 2.24) is 0 Å². The molecule has 0 atom stereocenters. The topological polar surface area (TPSA) is 37.3 Å². The molecule has 1 N–H and O–H groups in total. The second-order valence-corrected chi connectivity index (χ2v) is 4.10. The Bertz CT molecular complexity index is 430. The molecule has 5 heteroatoms. The van der Waals surface area contributed by atoms with E-state index in [1.165, 1.54) is 0 Å². The van der Waals surface area contributed by atoms with Crippen LogP contribution in [0.5, 0.6) is 0 Å². The molecule has 1 aliphatic carbocycles. The van der Waals surface area contributed by atoms with Gasteiger partial charge < -0.3 is 5.11 Å². The van der Waals surface area contributed by atoms with Crippen LogP contribution >= 0.6 is 0 Å². The molecule has 1 aromatic carbocycles. The van der Waals surface area contributed by atoms with Crippen molar-refractivity contribution in [1.29, 1.82) is 0 Å². The van der Waals surface area contributed by atoms with Crippen molar-refractivity contribution in [2.45, 2.75) is 24.7 Å². The third-order valence-corrected chi connectivity index (χ3v) is 2.94. The number of halogens is 3. The molecule has 2 nitrogen and oxygen atoms in total. The predicted molar refractivity (Wildman–Crippen MR) is 49.5 cm³/mol. The lowest BCUT2D eigenvalue weighted by atomic mass is 9.92. The molecule has 0 aliphatic heterocycles. The van der Waals surface area contributed by atoms with E-state index in [0.29, 0.717) is 12.8 Å². The Hall–Kier alpha value is -1.52. The van der Waals surface area contributed by atoms with Crippen molar-refractivity contribution in [3.8, 4) is 0 Å². The molecular formula is C11H9F3O2. The van der Waals surface area contributed by atoms with Gasteiger partial charge in [0.1, 0.15) is 0 Å². The highest BCUT2D eigenvalue weighted by molar-refractivity contribution is 5.70. The Kier molecular flexibility index (Phi) is 2.40. The Morgan fingerprint density at radius 3 is 2.12 bits per heavy atom. The van der Waals surface area contributed by atoms with Crippen molar-refractivity contribution in [3.05, 3.63) is 35.1 Å². The van der Waals surface area contributed by atoms with Gasteiger partial charge >= 0.3 is 5.97 Å². The summed E-state index contributed by atoms with van der Waals surface area (Å²) in [5, 5.41) is 8.68. The van der Waals surface area contributed by atoms with Crippen LogP contribution in [-0.2, 0) is 10.2 Å². The van der Waals surface area contributed by atoms with Gasteiger partial charge in [-0.2, -0.15) is 0 Å². The number of carbonyl (C=O) groups is 1. The van der Waals surface area contributed by atoms with E-state index in [1.807, 2.05) is 0 Å². The van der Waals surface area contributed by atoms with Gasteiger partial charge in [-0.25, -0.2) is 13.2 Å². The molecule has 16 heavy (non-hydrogen) atoms. The number of hydrogen-bond acceptors (Lipinski definition) is 1. The van der Waals surface area contributed by atoms with Crippen LogP contribution in [0.4, 0.5) is 13.2 Å².